The second-order valence-electron chi connectivity index (χ2n) is 7.11. The molecule has 1 aliphatic carbocycles. The predicted molar refractivity (Wildman–Crippen MR) is 101 cm³/mol. The Bertz CT molecular complexity index is 916. The van der Waals surface area contributed by atoms with E-state index in [4.69, 9.17) is 0 Å². The minimum atomic E-state index is -0.108. The highest BCUT2D eigenvalue weighted by Gasteiger charge is 2.19. The van der Waals surface area contributed by atoms with Crippen molar-refractivity contribution in [2.24, 2.45) is 0 Å². The minimum Gasteiger partial charge on any atom is -0.351 e. The molecule has 2 heterocycles. The van der Waals surface area contributed by atoms with Crippen LogP contribution in [0.5, 0.6) is 0 Å². The van der Waals surface area contributed by atoms with Crippen molar-refractivity contribution >= 4 is 11.6 Å². The molecule has 4 rings (SSSR count). The maximum absolute atomic E-state index is 12.7. The summed E-state index contributed by atoms with van der Waals surface area (Å²) in [6.07, 6.45) is 9.24. The second kappa shape index (κ2) is 7.28. The maximum atomic E-state index is 12.7. The monoisotopic (exact) mass is 348 g/mol. The van der Waals surface area contributed by atoms with Crippen molar-refractivity contribution in [3.05, 3.63) is 65.1 Å². The van der Waals surface area contributed by atoms with Crippen LogP contribution >= 0.6 is 0 Å². The summed E-state index contributed by atoms with van der Waals surface area (Å²) >= 11 is 0. The van der Waals surface area contributed by atoms with E-state index in [2.05, 4.69) is 34.5 Å². The smallest absolute Gasteiger partial charge is 0.256 e. The Hall–Kier alpha value is -2.69. The number of nitrogens with zero attached hydrogens (tertiary/aromatic N) is 3. The highest BCUT2D eigenvalue weighted by molar-refractivity contribution is 5.99. The van der Waals surface area contributed by atoms with E-state index < -0.39 is 0 Å². The zero-order chi connectivity index (χ0) is 17.9. The Labute approximate surface area is 153 Å². The normalized spacial score (nSPS) is 15.3. The quantitative estimate of drug-likeness (QED) is 0.734. The van der Waals surface area contributed by atoms with Crippen LogP contribution in [0, 0.1) is 0 Å². The Morgan fingerprint density at radius 1 is 1.15 bits per heavy atom. The van der Waals surface area contributed by atoms with Crippen LogP contribution < -0.4 is 5.32 Å². The zero-order valence-corrected chi connectivity index (χ0v) is 15.1. The van der Waals surface area contributed by atoms with Crippen LogP contribution in [0.1, 0.15) is 59.3 Å². The Balaban J connectivity index is 1.53. The molecule has 0 saturated carbocycles. The molecule has 1 amide bonds. The van der Waals surface area contributed by atoms with Gasteiger partial charge in [-0.2, -0.15) is 5.10 Å². The molecule has 1 N–H and O–H groups in total. The average molecular weight is 348 g/mol. The summed E-state index contributed by atoms with van der Waals surface area (Å²) in [4.78, 5) is 17.2. The first-order valence-electron chi connectivity index (χ1n) is 9.41. The van der Waals surface area contributed by atoms with Gasteiger partial charge in [-0.05, 0) is 42.7 Å². The largest absolute Gasteiger partial charge is 0.351 e. The molecule has 0 bridgehead atoms. The molecule has 26 heavy (non-hydrogen) atoms. The van der Waals surface area contributed by atoms with Crippen molar-refractivity contribution in [3.8, 4) is 0 Å². The van der Waals surface area contributed by atoms with Gasteiger partial charge >= 0.3 is 0 Å². The number of rotatable bonds is 4. The van der Waals surface area contributed by atoms with E-state index >= 15 is 0 Å². The summed E-state index contributed by atoms with van der Waals surface area (Å²) in [7, 11) is 0. The van der Waals surface area contributed by atoms with Crippen LogP contribution in [-0.2, 0) is 12.8 Å². The van der Waals surface area contributed by atoms with Crippen LogP contribution in [0.25, 0.3) is 5.65 Å². The fraction of sp³-hybridized carbons (Fsp3) is 0.381. The number of aryl methyl sites for hydroxylation is 2. The van der Waals surface area contributed by atoms with E-state index in [1.54, 1.807) is 6.20 Å². The van der Waals surface area contributed by atoms with E-state index in [0.29, 0.717) is 17.8 Å². The van der Waals surface area contributed by atoms with E-state index in [1.807, 2.05) is 28.9 Å². The number of fused-ring (bicyclic) bond motifs is 3. The molecule has 5 heteroatoms. The molecule has 5 nitrogen and oxygen atoms in total. The van der Waals surface area contributed by atoms with Crippen molar-refractivity contribution in [2.75, 3.05) is 6.54 Å². The molecule has 1 unspecified atom stereocenters. The lowest BCUT2D eigenvalue weighted by Gasteiger charge is -2.13. The molecule has 134 valence electrons. The summed E-state index contributed by atoms with van der Waals surface area (Å²) < 4.78 is 1.87. The van der Waals surface area contributed by atoms with E-state index in [1.165, 1.54) is 36.1 Å². The number of aromatic nitrogens is 3. The van der Waals surface area contributed by atoms with Gasteiger partial charge in [-0.3, -0.25) is 4.79 Å². The Morgan fingerprint density at radius 3 is 2.81 bits per heavy atom. The lowest BCUT2D eigenvalue weighted by Crippen LogP contribution is -2.27. The van der Waals surface area contributed by atoms with Crippen LogP contribution in [0.3, 0.4) is 0 Å². The number of carbonyl (C=O) groups excluding carboxylic acids is 1. The van der Waals surface area contributed by atoms with Crippen LogP contribution in [0.2, 0.25) is 0 Å². The predicted octanol–water partition coefficient (Wildman–Crippen LogP) is 3.53. The van der Waals surface area contributed by atoms with Gasteiger partial charge in [-0.15, -0.1) is 0 Å². The number of benzene rings is 1. The highest BCUT2D eigenvalue weighted by Crippen LogP contribution is 2.22. The lowest BCUT2D eigenvalue weighted by atomic mass is 10.0. The van der Waals surface area contributed by atoms with E-state index in [-0.39, 0.29) is 11.8 Å². The van der Waals surface area contributed by atoms with Gasteiger partial charge in [0, 0.05) is 18.4 Å². The minimum absolute atomic E-state index is 0.108. The van der Waals surface area contributed by atoms with Crippen molar-refractivity contribution in [1.82, 2.24) is 19.9 Å². The van der Waals surface area contributed by atoms with Gasteiger partial charge in [0.05, 0.1) is 6.20 Å². The summed E-state index contributed by atoms with van der Waals surface area (Å²) in [5.41, 5.74) is 4.91. The summed E-state index contributed by atoms with van der Waals surface area (Å²) in [5.74, 6) is 0.148. The second-order valence-corrected chi connectivity index (χ2v) is 7.11. The zero-order valence-electron chi connectivity index (χ0n) is 15.1. The molecule has 0 saturated heterocycles. The Morgan fingerprint density at radius 2 is 1.96 bits per heavy atom. The fourth-order valence-corrected chi connectivity index (χ4v) is 3.67. The first-order chi connectivity index (χ1) is 12.7. The molecular formula is C21H24N4O. The van der Waals surface area contributed by atoms with E-state index in [0.717, 1.165) is 12.8 Å². The van der Waals surface area contributed by atoms with Crippen molar-refractivity contribution in [1.29, 1.82) is 0 Å². The Kier molecular flexibility index (Phi) is 4.69. The van der Waals surface area contributed by atoms with Gasteiger partial charge < -0.3 is 5.32 Å². The molecule has 0 spiro atoms. The standard InChI is InChI=1S/C21H24N4O/c1-15(16-8-4-2-5-9-16)12-23-21(26)18-14-24-25-19-11-7-3-6-10-17(19)13-22-20(18)25/h2,4-5,8-9,13-15H,3,6-7,10-12H2,1H3,(H,23,26). The highest BCUT2D eigenvalue weighted by atomic mass is 16.1. The first kappa shape index (κ1) is 16.8. The van der Waals surface area contributed by atoms with Gasteiger partial charge in [-0.25, -0.2) is 9.50 Å². The van der Waals surface area contributed by atoms with Crippen LogP contribution in [0.15, 0.2) is 42.7 Å². The number of hydrogen-bond donors (Lipinski definition) is 1. The number of carbonyl (C=O) groups is 1. The van der Waals surface area contributed by atoms with Crippen LogP contribution in [0.4, 0.5) is 0 Å². The number of amides is 1. The molecular weight excluding hydrogens is 324 g/mol. The first-order valence-corrected chi connectivity index (χ1v) is 9.41. The number of hydrogen-bond acceptors (Lipinski definition) is 3. The molecule has 1 aliphatic rings. The number of nitrogens with one attached hydrogen (secondary N) is 1. The molecule has 0 fully saturated rings. The SMILES string of the molecule is CC(CNC(=O)c1cnn2c3c(cnc12)CCCCC3)c1ccccc1. The molecule has 1 atom stereocenters. The molecule has 0 radical (unpaired) electrons. The third-order valence-electron chi connectivity index (χ3n) is 5.25. The average Bonchev–Trinajstić information content (AvgIpc) is 2.97. The third kappa shape index (κ3) is 3.21. The summed E-state index contributed by atoms with van der Waals surface area (Å²) in [6, 6.07) is 10.2. The van der Waals surface area contributed by atoms with E-state index in [9.17, 15) is 4.79 Å². The topological polar surface area (TPSA) is 59.3 Å². The molecule has 2 aromatic heterocycles. The fourth-order valence-electron chi connectivity index (χ4n) is 3.67. The molecule has 1 aromatic carbocycles. The molecule has 3 aromatic rings. The lowest BCUT2D eigenvalue weighted by molar-refractivity contribution is 0.0953. The third-order valence-corrected chi connectivity index (χ3v) is 5.25. The van der Waals surface area contributed by atoms with Gasteiger partial charge in [0.1, 0.15) is 5.56 Å². The molecule has 0 aliphatic heterocycles. The summed E-state index contributed by atoms with van der Waals surface area (Å²) in [5, 5.41) is 7.51. The van der Waals surface area contributed by atoms with Gasteiger partial charge in [-0.1, -0.05) is 43.7 Å². The van der Waals surface area contributed by atoms with Crippen molar-refractivity contribution < 1.29 is 4.79 Å². The van der Waals surface area contributed by atoms with Gasteiger partial charge in [0.15, 0.2) is 5.65 Å². The summed E-state index contributed by atoms with van der Waals surface area (Å²) in [6.45, 7) is 2.70. The van der Waals surface area contributed by atoms with Gasteiger partial charge in [0.2, 0.25) is 0 Å². The maximum Gasteiger partial charge on any atom is 0.256 e. The van der Waals surface area contributed by atoms with Crippen molar-refractivity contribution in [3.63, 3.8) is 0 Å². The van der Waals surface area contributed by atoms with Crippen molar-refractivity contribution in [2.45, 2.75) is 44.9 Å². The van der Waals surface area contributed by atoms with Gasteiger partial charge in [0.25, 0.3) is 5.91 Å². The van der Waals surface area contributed by atoms with Crippen LogP contribution in [-0.4, -0.2) is 27.0 Å².